The van der Waals surface area contributed by atoms with Crippen molar-refractivity contribution in [3.63, 3.8) is 0 Å². The Labute approximate surface area is 258 Å². The zero-order chi connectivity index (χ0) is 29.8. The van der Waals surface area contributed by atoms with Crippen molar-refractivity contribution in [2.75, 3.05) is 24.3 Å². The van der Waals surface area contributed by atoms with Crippen LogP contribution in [0.15, 0.2) is 108 Å². The first kappa shape index (κ1) is 29.0. The van der Waals surface area contributed by atoms with E-state index in [2.05, 4.69) is 111 Å². The number of thioether (sulfide) groups is 1. The molecule has 3 aromatic carbocycles. The van der Waals surface area contributed by atoms with Crippen molar-refractivity contribution >= 4 is 69.1 Å². The van der Waals surface area contributed by atoms with E-state index in [0.717, 1.165) is 23.4 Å². The zero-order valence-electron chi connectivity index (χ0n) is 23.4. The van der Waals surface area contributed by atoms with Crippen LogP contribution in [0, 0.1) is 0 Å². The molecule has 0 bridgehead atoms. The molecule has 6 rings (SSSR count). The molecule has 220 valence electrons. The van der Waals surface area contributed by atoms with Crippen molar-refractivity contribution in [2.24, 2.45) is 5.16 Å². The van der Waals surface area contributed by atoms with E-state index in [-0.39, 0.29) is 34.6 Å². The summed E-state index contributed by atoms with van der Waals surface area (Å²) in [6.07, 6.45) is 2.83. The number of rotatable bonds is 10. The number of nitrogens with zero attached hydrogens (tertiary/aromatic N) is 4. The number of hydrogen-bond donors (Lipinski definition) is 2. The van der Waals surface area contributed by atoms with Crippen LogP contribution in [0.1, 0.15) is 12.7 Å². The van der Waals surface area contributed by atoms with Gasteiger partial charge >= 0.3 is 247 Å². The number of carbonyl (C=O) groups is 2. The molecule has 1 unspecified atom stereocenters. The molecule has 0 radical (unpaired) electrons. The molecule has 2 aliphatic rings. The average Bonchev–Trinajstić information content (AvgIpc) is 3.49. The summed E-state index contributed by atoms with van der Waals surface area (Å²) in [4.78, 5) is 37.5. The van der Waals surface area contributed by atoms with E-state index in [1.165, 1.54) is 21.5 Å². The topological polar surface area (TPSA) is 123 Å². The number of carbonyl (C=O) groups excluding carboxylic acids is 2. The van der Waals surface area contributed by atoms with Crippen LogP contribution >= 0.6 is 30.6 Å². The number of benzene rings is 3. The van der Waals surface area contributed by atoms with Gasteiger partial charge in [0, 0.05) is 0 Å². The molecule has 1 aromatic heterocycles. The Morgan fingerprint density at radius 2 is 1.60 bits per heavy atom. The molecule has 12 heteroatoms. The van der Waals surface area contributed by atoms with Gasteiger partial charge in [-0.15, -0.1) is 0 Å². The summed E-state index contributed by atoms with van der Waals surface area (Å²) >= 11 is 2.61. The van der Waals surface area contributed by atoms with Gasteiger partial charge in [-0.1, -0.05) is 0 Å². The first-order valence-corrected chi connectivity index (χ1v) is 17.9. The van der Waals surface area contributed by atoms with Crippen molar-refractivity contribution in [3.8, 4) is 0 Å². The molecule has 0 saturated carbocycles. The van der Waals surface area contributed by atoms with Gasteiger partial charge in [-0.3, -0.25) is 0 Å². The fraction of sp³-hybridized carbons (Fsp3) is 0.194. The minimum atomic E-state index is -2.51. The van der Waals surface area contributed by atoms with Crippen LogP contribution < -0.4 is 27.0 Å². The molecule has 1 saturated heterocycles. The molecule has 2 atom stereocenters. The van der Waals surface area contributed by atoms with E-state index in [9.17, 15) is 9.59 Å². The van der Waals surface area contributed by atoms with Gasteiger partial charge in [0.2, 0.25) is 0 Å². The fourth-order valence-corrected chi connectivity index (χ4v) is 12.3. The van der Waals surface area contributed by atoms with Crippen LogP contribution in [0.4, 0.5) is 5.13 Å². The Morgan fingerprint density at radius 1 is 1.02 bits per heavy atom. The van der Waals surface area contributed by atoms with Gasteiger partial charge in [-0.2, -0.15) is 0 Å². The van der Waals surface area contributed by atoms with Gasteiger partial charge in [0.1, 0.15) is 0 Å². The molecule has 43 heavy (non-hydrogen) atoms. The molecule has 1 fully saturated rings. The van der Waals surface area contributed by atoms with Gasteiger partial charge in [-0.05, 0) is 6.92 Å². The second-order valence-corrected chi connectivity index (χ2v) is 16.0. The zero-order valence-corrected chi connectivity index (χ0v) is 26.1. The standard InChI is InChI=1S/C31H31N6O3PS2/c1-2-40-35-25(27-34-31(32)43-36-27)28(38)33-26-29(39)37-18-21(20-42-30(26)37)19-41(22-12-6-3-7-13-22,23-14-8-4-9-15-23)24-16-10-5-11-17-24/h3-18,26,30,41H,2,19-20H2,1H3,(H,33,38)(H2,32,34,36)/b35-25+/t26?,30-/m1/s1. The predicted octanol–water partition coefficient (Wildman–Crippen LogP) is 2.87. The number of nitrogens with one attached hydrogen (secondary N) is 1. The van der Waals surface area contributed by atoms with Gasteiger partial charge in [0.25, 0.3) is 0 Å². The summed E-state index contributed by atoms with van der Waals surface area (Å²) in [7, 11) is -2.51. The summed E-state index contributed by atoms with van der Waals surface area (Å²) < 4.78 is 4.09. The molecule has 0 aliphatic carbocycles. The molecule has 3 N–H and O–H groups in total. The van der Waals surface area contributed by atoms with Crippen molar-refractivity contribution < 1.29 is 14.4 Å². The van der Waals surface area contributed by atoms with E-state index < -0.39 is 19.2 Å². The van der Waals surface area contributed by atoms with E-state index in [4.69, 9.17) is 10.6 Å². The number of oxime groups is 1. The first-order chi connectivity index (χ1) is 21.0. The summed E-state index contributed by atoms with van der Waals surface area (Å²) in [5.74, 6) is 0.0606. The van der Waals surface area contributed by atoms with Crippen molar-refractivity contribution in [2.45, 2.75) is 18.3 Å². The molecular weight excluding hydrogens is 599 g/mol. The Bertz CT molecular complexity index is 1570. The van der Waals surface area contributed by atoms with Crippen molar-refractivity contribution in [3.05, 3.63) is 109 Å². The van der Waals surface area contributed by atoms with Crippen LogP contribution in [0.5, 0.6) is 0 Å². The third kappa shape index (κ3) is 5.68. The van der Waals surface area contributed by atoms with E-state index in [1.54, 1.807) is 23.6 Å². The molecular formula is C31H31N6O3PS2. The number of nitrogens with two attached hydrogens (primary N) is 1. The first-order valence-electron chi connectivity index (χ1n) is 13.9. The molecule has 2 aliphatic heterocycles. The van der Waals surface area contributed by atoms with Crippen LogP contribution in [0.25, 0.3) is 0 Å². The quantitative estimate of drug-likeness (QED) is 0.120. The number of anilines is 1. The summed E-state index contributed by atoms with van der Waals surface area (Å²) in [5.41, 5.74) is 6.80. The molecule has 4 aromatic rings. The van der Waals surface area contributed by atoms with Crippen LogP contribution in [-0.4, -0.2) is 61.7 Å². The summed E-state index contributed by atoms with van der Waals surface area (Å²) in [6, 6.07) is 31.5. The number of aromatic nitrogens is 2. The van der Waals surface area contributed by atoms with Gasteiger partial charge in [0.15, 0.2) is 0 Å². The Morgan fingerprint density at radius 3 is 2.12 bits per heavy atom. The third-order valence-electron chi connectivity index (χ3n) is 7.57. The number of nitrogen functional groups attached to an aromatic ring is 1. The Balaban J connectivity index is 1.28. The van der Waals surface area contributed by atoms with Crippen LogP contribution in [0.3, 0.4) is 0 Å². The molecule has 0 spiro atoms. The summed E-state index contributed by atoms with van der Waals surface area (Å²) in [6.45, 7) is 2.01. The third-order valence-corrected chi connectivity index (χ3v) is 14.4. The van der Waals surface area contributed by atoms with Gasteiger partial charge in [-0.25, -0.2) is 0 Å². The predicted molar refractivity (Wildman–Crippen MR) is 177 cm³/mol. The average molecular weight is 631 g/mol. The maximum atomic E-state index is 13.4. The second-order valence-electron chi connectivity index (χ2n) is 10.2. The van der Waals surface area contributed by atoms with Gasteiger partial charge < -0.3 is 5.73 Å². The number of amides is 2. The second kappa shape index (κ2) is 12.7. The van der Waals surface area contributed by atoms with E-state index >= 15 is 0 Å². The van der Waals surface area contributed by atoms with E-state index in [1.807, 2.05) is 6.20 Å². The fourth-order valence-electron chi connectivity index (χ4n) is 5.62. The Hall–Kier alpha value is -4.05. The SMILES string of the molecule is CCO/N=C(/C(=O)NC1C(=O)N2C=C(C[PH](c3ccccc3)(c3ccccc3)c3ccccc3)CS[C@H]12)c1nsc(N)n1. The van der Waals surface area contributed by atoms with Crippen molar-refractivity contribution in [1.82, 2.24) is 19.6 Å². The minimum absolute atomic E-state index is 0.0691. The monoisotopic (exact) mass is 630 g/mol. The van der Waals surface area contributed by atoms with Crippen LogP contribution in [0.2, 0.25) is 0 Å². The number of hydrogen-bond acceptors (Lipinski definition) is 9. The summed E-state index contributed by atoms with van der Waals surface area (Å²) in [5, 5.41) is 10.7. The molecule has 2 amide bonds. The van der Waals surface area contributed by atoms with E-state index in [0.29, 0.717) is 0 Å². The normalized spacial score (nSPS) is 18.7. The van der Waals surface area contributed by atoms with Gasteiger partial charge in [0.05, 0.1) is 0 Å². The van der Waals surface area contributed by atoms with Crippen LogP contribution in [-0.2, 0) is 14.4 Å². The number of fused-ring (bicyclic) bond motifs is 1. The van der Waals surface area contributed by atoms with Crippen molar-refractivity contribution in [1.29, 1.82) is 0 Å². The molecule has 9 nitrogen and oxygen atoms in total. The maximum absolute atomic E-state index is 13.4. The Kier molecular flexibility index (Phi) is 8.56. The molecule has 3 heterocycles. The number of β-lactam (4-membered cyclic amide) rings is 1.